The number of ether oxygens (including phenoxy) is 1. The third kappa shape index (κ3) is 4.69. The van der Waals surface area contributed by atoms with Crippen LogP contribution in [0, 0.1) is 5.92 Å². The minimum atomic E-state index is -0.0270. The largest absolute Gasteiger partial charge is 0.493 e. The number of pyridine rings is 1. The van der Waals surface area contributed by atoms with E-state index in [1.54, 1.807) is 29.2 Å². The highest BCUT2D eigenvalue weighted by Crippen LogP contribution is 2.26. The van der Waals surface area contributed by atoms with Crippen LogP contribution in [0.4, 0.5) is 0 Å². The topological polar surface area (TPSA) is 60.2 Å². The van der Waals surface area contributed by atoms with Gasteiger partial charge in [0.1, 0.15) is 5.75 Å². The van der Waals surface area contributed by atoms with Gasteiger partial charge in [-0.1, -0.05) is 12.1 Å². The summed E-state index contributed by atoms with van der Waals surface area (Å²) in [5.74, 6) is 1.55. The van der Waals surface area contributed by atoms with Crippen LogP contribution in [0.15, 0.2) is 59.7 Å². The van der Waals surface area contributed by atoms with Gasteiger partial charge in [-0.2, -0.15) is 5.10 Å². The van der Waals surface area contributed by atoms with Crippen molar-refractivity contribution < 1.29 is 4.74 Å². The summed E-state index contributed by atoms with van der Waals surface area (Å²) in [5, 5.41) is 4.61. The molecular formula is C25H28N4O2. The zero-order valence-corrected chi connectivity index (χ0v) is 17.7. The molecule has 31 heavy (non-hydrogen) atoms. The third-order valence-electron chi connectivity index (χ3n) is 6.45. The van der Waals surface area contributed by atoms with Crippen LogP contribution in [0.5, 0.6) is 5.75 Å². The van der Waals surface area contributed by atoms with E-state index in [4.69, 9.17) is 4.74 Å². The van der Waals surface area contributed by atoms with Crippen LogP contribution in [0.25, 0.3) is 11.3 Å². The monoisotopic (exact) mass is 416 g/mol. The molecule has 4 heterocycles. The molecule has 1 aromatic carbocycles. The van der Waals surface area contributed by atoms with E-state index in [0.29, 0.717) is 12.5 Å². The molecule has 0 atom stereocenters. The molecule has 5 rings (SSSR count). The Bertz CT molecular complexity index is 1090. The van der Waals surface area contributed by atoms with Crippen molar-refractivity contribution in [2.45, 2.75) is 32.2 Å². The van der Waals surface area contributed by atoms with E-state index in [0.717, 1.165) is 68.9 Å². The molecule has 3 aromatic rings. The first-order valence-electron chi connectivity index (χ1n) is 11.2. The van der Waals surface area contributed by atoms with Crippen molar-refractivity contribution in [3.63, 3.8) is 0 Å². The normalized spacial score (nSPS) is 16.8. The van der Waals surface area contributed by atoms with Crippen LogP contribution < -0.4 is 10.3 Å². The molecule has 0 amide bonds. The average molecular weight is 417 g/mol. The maximum absolute atomic E-state index is 12.3. The number of fused-ring (bicyclic) bond motifs is 1. The Morgan fingerprint density at radius 3 is 2.71 bits per heavy atom. The summed E-state index contributed by atoms with van der Waals surface area (Å²) in [6.07, 6.45) is 7.81. The van der Waals surface area contributed by atoms with E-state index in [-0.39, 0.29) is 5.56 Å². The molecule has 1 fully saturated rings. The lowest BCUT2D eigenvalue weighted by Gasteiger charge is -2.32. The van der Waals surface area contributed by atoms with Gasteiger partial charge in [-0.3, -0.25) is 9.78 Å². The van der Waals surface area contributed by atoms with Gasteiger partial charge < -0.3 is 9.64 Å². The highest BCUT2D eigenvalue weighted by molar-refractivity contribution is 5.57. The van der Waals surface area contributed by atoms with Crippen molar-refractivity contribution in [2.24, 2.45) is 5.92 Å². The molecule has 0 saturated carbocycles. The van der Waals surface area contributed by atoms with Gasteiger partial charge in [0.2, 0.25) is 0 Å². The first kappa shape index (κ1) is 19.9. The summed E-state index contributed by atoms with van der Waals surface area (Å²) >= 11 is 0. The van der Waals surface area contributed by atoms with Gasteiger partial charge in [0.15, 0.2) is 0 Å². The standard InChI is InChI=1S/C25H28N4O2/c30-25-4-2-23(21-5-11-26-12-6-21)27-29(25)18-20-8-14-28(15-9-20)13-7-19-1-3-24-22(17-19)10-16-31-24/h1-6,11-12,17,20H,7-10,13-16,18H2. The van der Waals surface area contributed by atoms with Gasteiger partial charge in [0.25, 0.3) is 5.56 Å². The zero-order valence-electron chi connectivity index (χ0n) is 17.7. The Balaban J connectivity index is 1.15. The first-order valence-corrected chi connectivity index (χ1v) is 11.2. The molecular weight excluding hydrogens is 388 g/mol. The summed E-state index contributed by atoms with van der Waals surface area (Å²) in [6, 6.07) is 13.9. The van der Waals surface area contributed by atoms with E-state index >= 15 is 0 Å². The minimum Gasteiger partial charge on any atom is -0.493 e. The molecule has 0 N–H and O–H groups in total. The molecule has 0 unspecified atom stereocenters. The molecule has 6 nitrogen and oxygen atoms in total. The lowest BCUT2D eigenvalue weighted by atomic mass is 9.96. The molecule has 160 valence electrons. The van der Waals surface area contributed by atoms with Gasteiger partial charge >= 0.3 is 0 Å². The molecule has 2 aliphatic rings. The Hall–Kier alpha value is -2.99. The van der Waals surface area contributed by atoms with Crippen LogP contribution in [-0.2, 0) is 19.4 Å². The summed E-state index contributed by atoms with van der Waals surface area (Å²) < 4.78 is 7.25. The SMILES string of the molecule is O=c1ccc(-c2ccncc2)nn1CC1CCN(CCc2ccc3c(c2)CCO3)CC1. The molecule has 0 aliphatic carbocycles. The maximum atomic E-state index is 12.3. The Labute approximate surface area is 182 Å². The van der Waals surface area contributed by atoms with Crippen molar-refractivity contribution in [2.75, 3.05) is 26.2 Å². The molecule has 0 radical (unpaired) electrons. The fourth-order valence-corrected chi connectivity index (χ4v) is 4.58. The Morgan fingerprint density at radius 2 is 1.87 bits per heavy atom. The minimum absolute atomic E-state index is 0.0270. The highest BCUT2D eigenvalue weighted by Gasteiger charge is 2.21. The van der Waals surface area contributed by atoms with Gasteiger partial charge in [-0.25, -0.2) is 4.68 Å². The number of likely N-dealkylation sites (tertiary alicyclic amines) is 1. The van der Waals surface area contributed by atoms with Crippen LogP contribution in [-0.4, -0.2) is 45.9 Å². The summed E-state index contributed by atoms with van der Waals surface area (Å²) in [4.78, 5) is 18.9. The highest BCUT2D eigenvalue weighted by atomic mass is 16.5. The number of rotatable bonds is 6. The van der Waals surface area contributed by atoms with E-state index in [2.05, 4.69) is 33.2 Å². The first-order chi connectivity index (χ1) is 15.2. The number of aromatic nitrogens is 3. The molecule has 2 aliphatic heterocycles. The molecule has 1 saturated heterocycles. The van der Waals surface area contributed by atoms with Crippen molar-refractivity contribution in [1.82, 2.24) is 19.7 Å². The van der Waals surface area contributed by atoms with Crippen molar-refractivity contribution >= 4 is 0 Å². The quantitative estimate of drug-likeness (QED) is 0.618. The second kappa shape index (κ2) is 9.02. The number of hydrogen-bond acceptors (Lipinski definition) is 5. The predicted molar refractivity (Wildman–Crippen MR) is 120 cm³/mol. The summed E-state index contributed by atoms with van der Waals surface area (Å²) in [5.41, 5.74) is 4.52. The van der Waals surface area contributed by atoms with E-state index in [9.17, 15) is 4.79 Å². The van der Waals surface area contributed by atoms with E-state index < -0.39 is 0 Å². The second-order valence-corrected chi connectivity index (χ2v) is 8.55. The zero-order chi connectivity index (χ0) is 21.0. The fraction of sp³-hybridized carbons (Fsp3) is 0.400. The fourth-order valence-electron chi connectivity index (χ4n) is 4.58. The van der Waals surface area contributed by atoms with Gasteiger partial charge in [0.05, 0.1) is 12.3 Å². The van der Waals surface area contributed by atoms with Crippen molar-refractivity contribution in [3.8, 4) is 17.0 Å². The van der Waals surface area contributed by atoms with Crippen molar-refractivity contribution in [3.05, 3.63) is 76.3 Å². The van der Waals surface area contributed by atoms with Gasteiger partial charge in [-0.15, -0.1) is 0 Å². The average Bonchev–Trinajstić information content (AvgIpc) is 3.29. The van der Waals surface area contributed by atoms with Gasteiger partial charge in [0, 0.05) is 43.5 Å². The maximum Gasteiger partial charge on any atom is 0.266 e. The lowest BCUT2D eigenvalue weighted by molar-refractivity contribution is 0.171. The van der Waals surface area contributed by atoms with Crippen LogP contribution in [0.3, 0.4) is 0 Å². The molecule has 0 spiro atoms. The third-order valence-corrected chi connectivity index (χ3v) is 6.45. The lowest BCUT2D eigenvalue weighted by Crippen LogP contribution is -2.37. The molecule has 2 aromatic heterocycles. The van der Waals surface area contributed by atoms with Crippen molar-refractivity contribution in [1.29, 1.82) is 0 Å². The number of piperidine rings is 1. The number of hydrogen-bond donors (Lipinski definition) is 0. The number of benzene rings is 1. The second-order valence-electron chi connectivity index (χ2n) is 8.55. The Morgan fingerprint density at radius 1 is 1.03 bits per heavy atom. The molecule has 6 heteroatoms. The van der Waals surface area contributed by atoms with Crippen LogP contribution in [0.1, 0.15) is 24.0 Å². The number of nitrogens with zero attached hydrogens (tertiary/aromatic N) is 4. The van der Waals surface area contributed by atoms with Gasteiger partial charge in [-0.05, 0) is 73.7 Å². The summed E-state index contributed by atoms with van der Waals surface area (Å²) in [6.45, 7) is 4.75. The Kier molecular flexibility index (Phi) is 5.80. The van der Waals surface area contributed by atoms with E-state index in [1.807, 2.05) is 12.1 Å². The summed E-state index contributed by atoms with van der Waals surface area (Å²) in [7, 11) is 0. The predicted octanol–water partition coefficient (Wildman–Crippen LogP) is 3.19. The van der Waals surface area contributed by atoms with Crippen LogP contribution >= 0.6 is 0 Å². The smallest absolute Gasteiger partial charge is 0.266 e. The molecule has 0 bridgehead atoms. The van der Waals surface area contributed by atoms with Crippen LogP contribution in [0.2, 0.25) is 0 Å². The van der Waals surface area contributed by atoms with E-state index in [1.165, 1.54) is 11.1 Å².